The highest BCUT2D eigenvalue weighted by Crippen LogP contribution is 2.24. The Morgan fingerprint density at radius 3 is 2.54 bits per heavy atom. The number of rotatable bonds is 8. The fraction of sp³-hybridized carbons (Fsp3) is 0.667. The van der Waals surface area contributed by atoms with Gasteiger partial charge >= 0.3 is 0 Å². The van der Waals surface area contributed by atoms with Crippen LogP contribution in [0.15, 0.2) is 18.2 Å². The molecule has 3 atom stereocenters. The molecule has 24 heavy (non-hydrogen) atoms. The topological polar surface area (TPSA) is 60.4 Å². The summed E-state index contributed by atoms with van der Waals surface area (Å²) in [7, 11) is 3.25. The summed E-state index contributed by atoms with van der Waals surface area (Å²) in [4.78, 5) is 2.22. The van der Waals surface area contributed by atoms with Gasteiger partial charge in [-0.25, -0.2) is 0 Å². The van der Waals surface area contributed by atoms with E-state index in [1.54, 1.807) is 14.2 Å². The largest absolute Gasteiger partial charge is 0.497 e. The summed E-state index contributed by atoms with van der Waals surface area (Å²) >= 11 is 0. The van der Waals surface area contributed by atoms with Crippen molar-refractivity contribution in [3.63, 3.8) is 0 Å². The second-order valence-electron chi connectivity index (χ2n) is 6.32. The molecule has 0 saturated carbocycles. The van der Waals surface area contributed by atoms with Crippen LogP contribution in [0.5, 0.6) is 11.5 Å². The molecule has 0 aliphatic carbocycles. The van der Waals surface area contributed by atoms with Crippen LogP contribution in [0.4, 0.5) is 0 Å². The molecule has 1 N–H and O–H groups in total. The number of methoxy groups -OCH3 is 2. The van der Waals surface area contributed by atoms with Gasteiger partial charge in [0.1, 0.15) is 11.5 Å². The van der Waals surface area contributed by atoms with Crippen molar-refractivity contribution in [2.24, 2.45) is 0 Å². The van der Waals surface area contributed by atoms with E-state index < -0.39 is 6.10 Å². The second-order valence-corrected chi connectivity index (χ2v) is 6.32. The number of aliphatic hydroxyl groups is 1. The van der Waals surface area contributed by atoms with Crippen LogP contribution >= 0.6 is 0 Å². The average Bonchev–Trinajstić information content (AvgIpc) is 2.53. The van der Waals surface area contributed by atoms with Crippen molar-refractivity contribution in [2.75, 3.05) is 40.5 Å². The summed E-state index contributed by atoms with van der Waals surface area (Å²) in [5.41, 5.74) is 0.901. The molecule has 1 aliphatic heterocycles. The van der Waals surface area contributed by atoms with Gasteiger partial charge in [-0.05, 0) is 32.0 Å². The number of benzene rings is 1. The number of aliphatic hydroxyl groups excluding tert-OH is 1. The lowest BCUT2D eigenvalue weighted by Crippen LogP contribution is -2.48. The fourth-order valence-corrected chi connectivity index (χ4v) is 3.08. The molecule has 1 fully saturated rings. The zero-order valence-electron chi connectivity index (χ0n) is 15.0. The molecule has 1 aromatic rings. The maximum Gasteiger partial charge on any atom is 0.124 e. The lowest BCUT2D eigenvalue weighted by molar-refractivity contribution is -0.0826. The highest BCUT2D eigenvalue weighted by molar-refractivity contribution is 5.39. The molecule has 1 heterocycles. The zero-order valence-corrected chi connectivity index (χ0v) is 15.0. The van der Waals surface area contributed by atoms with E-state index >= 15 is 0 Å². The summed E-state index contributed by atoms with van der Waals surface area (Å²) in [5.74, 6) is 1.51. The average molecular weight is 339 g/mol. The van der Waals surface area contributed by atoms with E-state index in [4.69, 9.17) is 18.9 Å². The maximum absolute atomic E-state index is 10.2. The van der Waals surface area contributed by atoms with Crippen molar-refractivity contribution in [1.82, 2.24) is 4.90 Å². The Morgan fingerprint density at radius 1 is 1.21 bits per heavy atom. The first-order valence-electron chi connectivity index (χ1n) is 8.36. The third kappa shape index (κ3) is 5.63. The summed E-state index contributed by atoms with van der Waals surface area (Å²) in [6.45, 7) is 7.03. The minimum absolute atomic E-state index is 0.197. The van der Waals surface area contributed by atoms with Crippen LogP contribution in [0.25, 0.3) is 0 Å². The Labute approximate surface area is 144 Å². The molecule has 1 aliphatic rings. The number of ether oxygens (including phenoxy) is 4. The fourth-order valence-electron chi connectivity index (χ4n) is 3.08. The van der Waals surface area contributed by atoms with Crippen LogP contribution in [-0.2, 0) is 16.1 Å². The van der Waals surface area contributed by atoms with E-state index in [0.717, 1.165) is 30.2 Å². The Bertz CT molecular complexity index is 500. The molecule has 0 bridgehead atoms. The van der Waals surface area contributed by atoms with Gasteiger partial charge in [-0.3, -0.25) is 4.90 Å². The van der Waals surface area contributed by atoms with Crippen molar-refractivity contribution in [1.29, 1.82) is 0 Å². The van der Waals surface area contributed by atoms with Gasteiger partial charge < -0.3 is 24.1 Å². The molecule has 0 unspecified atom stereocenters. The molecule has 0 radical (unpaired) electrons. The van der Waals surface area contributed by atoms with Gasteiger partial charge in [0.15, 0.2) is 0 Å². The third-order valence-electron chi connectivity index (χ3n) is 4.02. The Morgan fingerprint density at radius 2 is 1.92 bits per heavy atom. The zero-order chi connectivity index (χ0) is 17.5. The first-order chi connectivity index (χ1) is 11.5. The lowest BCUT2D eigenvalue weighted by Gasteiger charge is -2.36. The molecular weight excluding hydrogens is 310 g/mol. The highest BCUT2D eigenvalue weighted by atomic mass is 16.5. The molecule has 2 rings (SSSR count). The summed E-state index contributed by atoms with van der Waals surface area (Å²) in [6.07, 6.45) is -0.134. The third-order valence-corrected chi connectivity index (χ3v) is 4.02. The molecule has 6 heteroatoms. The van der Waals surface area contributed by atoms with E-state index in [2.05, 4.69) is 18.7 Å². The molecule has 136 valence electrons. The van der Waals surface area contributed by atoms with Crippen LogP contribution in [0.3, 0.4) is 0 Å². The first kappa shape index (κ1) is 19.0. The monoisotopic (exact) mass is 339 g/mol. The van der Waals surface area contributed by atoms with Crippen LogP contribution in [0.1, 0.15) is 19.4 Å². The summed E-state index contributed by atoms with van der Waals surface area (Å²) in [6, 6.07) is 5.58. The van der Waals surface area contributed by atoms with Gasteiger partial charge in [-0.1, -0.05) is 0 Å². The quantitative estimate of drug-likeness (QED) is 0.778. The van der Waals surface area contributed by atoms with Crippen LogP contribution < -0.4 is 9.47 Å². The number of hydrogen-bond donors (Lipinski definition) is 1. The van der Waals surface area contributed by atoms with Gasteiger partial charge in [0.25, 0.3) is 0 Å². The molecule has 0 aromatic heterocycles. The normalized spacial score (nSPS) is 23.0. The molecular formula is C18H29NO5. The van der Waals surface area contributed by atoms with E-state index in [1.807, 2.05) is 18.2 Å². The predicted octanol–water partition coefficient (Wildman–Crippen LogP) is 1.69. The molecule has 1 saturated heterocycles. The van der Waals surface area contributed by atoms with Crippen molar-refractivity contribution in [2.45, 2.75) is 38.8 Å². The standard InChI is InChI=1S/C18H29NO5/c1-13-8-19(9-14(2)24-13)10-16(20)12-23-11-15-7-17(21-3)5-6-18(15)22-4/h5-7,13-14,16,20H,8-12H2,1-4H3/t13-,14-,16-/m0/s1. The molecule has 6 nitrogen and oxygen atoms in total. The van der Waals surface area contributed by atoms with Gasteiger partial charge in [0.2, 0.25) is 0 Å². The maximum atomic E-state index is 10.2. The molecule has 0 spiro atoms. The van der Waals surface area contributed by atoms with Gasteiger partial charge in [-0.2, -0.15) is 0 Å². The van der Waals surface area contributed by atoms with Gasteiger partial charge in [-0.15, -0.1) is 0 Å². The first-order valence-corrected chi connectivity index (χ1v) is 8.36. The van der Waals surface area contributed by atoms with Crippen LogP contribution in [-0.4, -0.2) is 68.8 Å². The second kappa shape index (κ2) is 9.22. The van der Waals surface area contributed by atoms with Crippen molar-refractivity contribution < 1.29 is 24.1 Å². The minimum Gasteiger partial charge on any atom is -0.497 e. The van der Waals surface area contributed by atoms with Crippen LogP contribution in [0, 0.1) is 0 Å². The number of hydrogen-bond acceptors (Lipinski definition) is 6. The minimum atomic E-state index is -0.529. The lowest BCUT2D eigenvalue weighted by atomic mass is 10.2. The Kier molecular flexibility index (Phi) is 7.30. The van der Waals surface area contributed by atoms with Crippen molar-refractivity contribution in [3.05, 3.63) is 23.8 Å². The Hall–Kier alpha value is -1.34. The van der Waals surface area contributed by atoms with Crippen LogP contribution in [0.2, 0.25) is 0 Å². The SMILES string of the molecule is COc1ccc(OC)c(COC[C@@H](O)CN2C[C@H](C)O[C@@H](C)C2)c1. The molecule has 0 amide bonds. The van der Waals surface area contributed by atoms with Gasteiger partial charge in [0.05, 0.1) is 45.7 Å². The van der Waals surface area contributed by atoms with E-state index in [-0.39, 0.29) is 18.8 Å². The van der Waals surface area contributed by atoms with E-state index in [9.17, 15) is 5.11 Å². The summed E-state index contributed by atoms with van der Waals surface area (Å²) in [5, 5.41) is 10.2. The van der Waals surface area contributed by atoms with E-state index in [1.165, 1.54) is 0 Å². The van der Waals surface area contributed by atoms with Crippen molar-refractivity contribution in [3.8, 4) is 11.5 Å². The Balaban J connectivity index is 1.79. The van der Waals surface area contributed by atoms with Crippen molar-refractivity contribution >= 4 is 0 Å². The smallest absolute Gasteiger partial charge is 0.124 e. The highest BCUT2D eigenvalue weighted by Gasteiger charge is 2.23. The number of nitrogens with zero attached hydrogens (tertiary/aromatic N) is 1. The summed E-state index contributed by atoms with van der Waals surface area (Å²) < 4.78 is 21.9. The molecule has 1 aromatic carbocycles. The number of β-amino-alcohol motifs (C(OH)–C–C–N with tert-alkyl or cyclic N) is 1. The predicted molar refractivity (Wildman–Crippen MR) is 91.7 cm³/mol. The van der Waals surface area contributed by atoms with E-state index in [0.29, 0.717) is 13.2 Å². The number of morpholine rings is 1. The van der Waals surface area contributed by atoms with Gasteiger partial charge in [0, 0.05) is 25.2 Å².